The van der Waals surface area contributed by atoms with Crippen LogP contribution in [0.15, 0.2) is 64.2 Å². The van der Waals surface area contributed by atoms with Crippen molar-refractivity contribution in [3.8, 4) is 5.75 Å². The van der Waals surface area contributed by atoms with E-state index in [1.807, 2.05) is 42.5 Å². The van der Waals surface area contributed by atoms with E-state index in [-0.39, 0.29) is 28.0 Å². The van der Waals surface area contributed by atoms with Crippen molar-refractivity contribution in [2.24, 2.45) is 5.10 Å². The summed E-state index contributed by atoms with van der Waals surface area (Å²) in [4.78, 5) is 22.3. The molecule has 0 unspecified atom stereocenters. The molecule has 3 N–H and O–H groups in total. The van der Waals surface area contributed by atoms with Gasteiger partial charge in [-0.05, 0) is 27.4 Å². The van der Waals surface area contributed by atoms with E-state index in [1.54, 1.807) is 0 Å². The number of nitrogens with zero attached hydrogens (tertiary/aromatic N) is 2. The van der Waals surface area contributed by atoms with Crippen molar-refractivity contribution in [1.82, 2.24) is 5.43 Å². The molecule has 0 aromatic heterocycles. The second kappa shape index (κ2) is 8.49. The highest BCUT2D eigenvalue weighted by atomic mass is 79.9. The van der Waals surface area contributed by atoms with E-state index in [0.29, 0.717) is 0 Å². The molecule has 1 amide bonds. The van der Waals surface area contributed by atoms with Crippen LogP contribution < -0.4 is 10.7 Å². The summed E-state index contributed by atoms with van der Waals surface area (Å²) in [6, 6.07) is 15.9. The molecule has 0 bridgehead atoms. The molecule has 0 aliphatic heterocycles. The molecule has 0 heterocycles. The van der Waals surface area contributed by atoms with Crippen molar-refractivity contribution >= 4 is 50.2 Å². The standard InChI is InChI=1S/C19H15BrN4O4/c20-16-9-14(24(27)28)8-13(19(16)26)10-22-23-18(25)11-21-17-7-3-5-12-4-1-2-6-15(12)17/h1-10,21,26H,11H2,(H,23,25)/b22-10+. The molecule has 0 radical (unpaired) electrons. The van der Waals surface area contributed by atoms with Gasteiger partial charge < -0.3 is 10.4 Å². The van der Waals surface area contributed by atoms with Crippen LogP contribution in [0.25, 0.3) is 10.8 Å². The molecule has 9 heteroatoms. The molecule has 0 saturated carbocycles. The molecule has 0 saturated heterocycles. The summed E-state index contributed by atoms with van der Waals surface area (Å²) in [6.45, 7) is -0.0179. The number of nitrogens with one attached hydrogen (secondary N) is 2. The minimum absolute atomic E-state index is 0.0179. The number of fused-ring (bicyclic) bond motifs is 1. The van der Waals surface area contributed by atoms with E-state index in [1.165, 1.54) is 6.07 Å². The molecule has 0 aliphatic carbocycles. The average Bonchev–Trinajstić information content (AvgIpc) is 2.69. The third-order valence-corrected chi connectivity index (χ3v) is 4.51. The number of hydrazone groups is 1. The lowest BCUT2D eigenvalue weighted by Gasteiger charge is -2.08. The number of nitro benzene ring substituents is 1. The van der Waals surface area contributed by atoms with Crippen molar-refractivity contribution in [1.29, 1.82) is 0 Å². The van der Waals surface area contributed by atoms with Crippen molar-refractivity contribution in [3.63, 3.8) is 0 Å². The minimum Gasteiger partial charge on any atom is -0.506 e. The van der Waals surface area contributed by atoms with Crippen LogP contribution >= 0.6 is 15.9 Å². The zero-order valence-electron chi connectivity index (χ0n) is 14.4. The first kappa shape index (κ1) is 19.3. The largest absolute Gasteiger partial charge is 0.506 e. The highest BCUT2D eigenvalue weighted by molar-refractivity contribution is 9.10. The molecule has 0 spiro atoms. The van der Waals surface area contributed by atoms with Crippen LogP contribution in [0.4, 0.5) is 11.4 Å². The third kappa shape index (κ3) is 4.44. The summed E-state index contributed by atoms with van der Waals surface area (Å²) < 4.78 is 0.159. The maximum absolute atomic E-state index is 12.0. The Bertz CT molecular complexity index is 1080. The third-order valence-electron chi connectivity index (χ3n) is 3.91. The van der Waals surface area contributed by atoms with Gasteiger partial charge in [0.25, 0.3) is 11.6 Å². The molecule has 0 atom stereocenters. The van der Waals surface area contributed by atoms with Gasteiger partial charge in [-0.25, -0.2) is 5.43 Å². The van der Waals surface area contributed by atoms with Crippen LogP contribution in [-0.2, 0) is 4.79 Å². The molecule has 3 aromatic carbocycles. The topological polar surface area (TPSA) is 117 Å². The lowest BCUT2D eigenvalue weighted by molar-refractivity contribution is -0.385. The summed E-state index contributed by atoms with van der Waals surface area (Å²) >= 11 is 3.04. The van der Waals surface area contributed by atoms with Gasteiger partial charge in [0.05, 0.1) is 22.2 Å². The lowest BCUT2D eigenvalue weighted by atomic mass is 10.1. The second-order valence-electron chi connectivity index (χ2n) is 5.80. The fourth-order valence-corrected chi connectivity index (χ4v) is 3.04. The molecule has 3 rings (SSSR count). The fourth-order valence-electron chi connectivity index (χ4n) is 2.58. The molecular weight excluding hydrogens is 428 g/mol. The number of non-ortho nitro benzene ring substituents is 1. The predicted octanol–water partition coefficient (Wildman–Crippen LogP) is 3.78. The molecule has 142 valence electrons. The number of carbonyl (C=O) groups is 1. The van der Waals surface area contributed by atoms with Crippen LogP contribution in [0.5, 0.6) is 5.75 Å². The Morgan fingerprint density at radius 1 is 1.21 bits per heavy atom. The number of amides is 1. The van der Waals surface area contributed by atoms with Crippen molar-refractivity contribution in [2.75, 3.05) is 11.9 Å². The van der Waals surface area contributed by atoms with Gasteiger partial charge in [0.1, 0.15) is 5.75 Å². The Labute approximate surface area is 168 Å². The number of aromatic hydroxyl groups is 1. The SMILES string of the molecule is O=C(CNc1cccc2ccccc12)N/N=C/c1cc([N+](=O)[O-])cc(Br)c1O. The van der Waals surface area contributed by atoms with Crippen LogP contribution in [0, 0.1) is 10.1 Å². The van der Waals surface area contributed by atoms with Crippen LogP contribution in [0.2, 0.25) is 0 Å². The molecule has 8 nitrogen and oxygen atoms in total. The minimum atomic E-state index is -0.589. The molecular formula is C19H15BrN4O4. The van der Waals surface area contributed by atoms with Gasteiger partial charge in [-0.1, -0.05) is 36.4 Å². The van der Waals surface area contributed by atoms with Crippen LogP contribution in [0.1, 0.15) is 5.56 Å². The van der Waals surface area contributed by atoms with Crippen LogP contribution in [0.3, 0.4) is 0 Å². The maximum Gasteiger partial charge on any atom is 0.271 e. The average molecular weight is 443 g/mol. The number of benzene rings is 3. The maximum atomic E-state index is 12.0. The van der Waals surface area contributed by atoms with Gasteiger partial charge in [0.2, 0.25) is 0 Å². The second-order valence-corrected chi connectivity index (χ2v) is 6.65. The summed E-state index contributed by atoms with van der Waals surface area (Å²) in [7, 11) is 0. The molecule has 0 aliphatic rings. The number of anilines is 1. The fraction of sp³-hybridized carbons (Fsp3) is 0.0526. The molecule has 28 heavy (non-hydrogen) atoms. The van der Waals surface area contributed by atoms with E-state index in [0.717, 1.165) is 28.7 Å². The van der Waals surface area contributed by atoms with Gasteiger partial charge in [-0.15, -0.1) is 0 Å². The summed E-state index contributed by atoms with van der Waals surface area (Å²) in [6.07, 6.45) is 1.14. The van der Waals surface area contributed by atoms with E-state index in [2.05, 4.69) is 31.8 Å². The Morgan fingerprint density at radius 2 is 1.96 bits per heavy atom. The van der Waals surface area contributed by atoms with Crippen molar-refractivity contribution in [2.45, 2.75) is 0 Å². The number of halogens is 1. The van der Waals surface area contributed by atoms with Gasteiger partial charge in [0, 0.05) is 28.8 Å². The monoisotopic (exact) mass is 442 g/mol. The number of phenols is 1. The first-order chi connectivity index (χ1) is 13.5. The Balaban J connectivity index is 1.64. The number of carbonyl (C=O) groups excluding carboxylic acids is 1. The Hall–Kier alpha value is -3.46. The van der Waals surface area contributed by atoms with Crippen molar-refractivity contribution in [3.05, 3.63) is 74.7 Å². The van der Waals surface area contributed by atoms with Gasteiger partial charge in [-0.2, -0.15) is 5.10 Å². The lowest BCUT2D eigenvalue weighted by Crippen LogP contribution is -2.25. The van der Waals surface area contributed by atoms with Crippen molar-refractivity contribution < 1.29 is 14.8 Å². The number of nitro groups is 1. The highest BCUT2D eigenvalue weighted by Gasteiger charge is 2.13. The smallest absolute Gasteiger partial charge is 0.271 e. The first-order valence-corrected chi connectivity index (χ1v) is 8.95. The normalized spacial score (nSPS) is 10.9. The predicted molar refractivity (Wildman–Crippen MR) is 111 cm³/mol. The van der Waals surface area contributed by atoms with Gasteiger partial charge in [-0.3, -0.25) is 14.9 Å². The zero-order valence-corrected chi connectivity index (χ0v) is 16.0. The summed E-state index contributed by atoms with van der Waals surface area (Å²) in [5.74, 6) is -0.620. The van der Waals surface area contributed by atoms with E-state index in [9.17, 15) is 20.0 Å². The first-order valence-electron chi connectivity index (χ1n) is 8.16. The quantitative estimate of drug-likeness (QED) is 0.305. The highest BCUT2D eigenvalue weighted by Crippen LogP contribution is 2.31. The summed E-state index contributed by atoms with van der Waals surface area (Å²) in [5.41, 5.74) is 3.02. The van der Waals surface area contributed by atoms with E-state index in [4.69, 9.17) is 0 Å². The Morgan fingerprint density at radius 3 is 2.75 bits per heavy atom. The number of hydrogen-bond acceptors (Lipinski definition) is 6. The van der Waals surface area contributed by atoms with Crippen LogP contribution in [-0.4, -0.2) is 28.7 Å². The number of hydrogen-bond donors (Lipinski definition) is 3. The van der Waals surface area contributed by atoms with Gasteiger partial charge >= 0.3 is 0 Å². The van der Waals surface area contributed by atoms with E-state index < -0.39 is 10.8 Å². The zero-order chi connectivity index (χ0) is 20.1. The molecule has 3 aromatic rings. The number of rotatable bonds is 6. The van der Waals surface area contributed by atoms with Gasteiger partial charge in [0.15, 0.2) is 0 Å². The number of phenolic OH excluding ortho intramolecular Hbond substituents is 1. The van der Waals surface area contributed by atoms with E-state index >= 15 is 0 Å². The Kier molecular flexibility index (Phi) is 5.85. The summed E-state index contributed by atoms with van der Waals surface area (Å²) in [5, 5.41) is 29.7. The molecule has 0 fully saturated rings.